The zero-order chi connectivity index (χ0) is 12.5. The average Bonchev–Trinajstić information content (AvgIpc) is 2.23. The van der Waals surface area contributed by atoms with E-state index in [2.05, 4.69) is 5.32 Å². The first-order valence-corrected chi connectivity index (χ1v) is 5.57. The molecule has 1 amide bonds. The molecule has 2 rings (SSSR count). The Morgan fingerprint density at radius 3 is 2.71 bits per heavy atom. The molecule has 0 spiro atoms. The van der Waals surface area contributed by atoms with E-state index in [-0.39, 0.29) is 11.6 Å². The SMILES string of the molecule is Cc1cccc(F)c1NC(=O)C1(C#N)CCC1. The van der Waals surface area contributed by atoms with Crippen LogP contribution in [0.2, 0.25) is 0 Å². The van der Waals surface area contributed by atoms with Gasteiger partial charge in [-0.05, 0) is 37.8 Å². The van der Waals surface area contributed by atoms with Gasteiger partial charge in [-0.15, -0.1) is 0 Å². The van der Waals surface area contributed by atoms with Crippen molar-refractivity contribution in [3.05, 3.63) is 29.6 Å². The molecule has 1 aromatic carbocycles. The molecule has 1 aromatic rings. The van der Waals surface area contributed by atoms with Crippen LogP contribution in [0.25, 0.3) is 0 Å². The molecule has 88 valence electrons. The number of nitriles is 1. The van der Waals surface area contributed by atoms with Gasteiger partial charge in [0.25, 0.3) is 0 Å². The summed E-state index contributed by atoms with van der Waals surface area (Å²) < 4.78 is 13.5. The molecule has 4 heteroatoms. The Bertz CT molecular complexity index is 480. The molecule has 0 unspecified atom stereocenters. The number of benzene rings is 1. The second-order valence-electron chi connectivity index (χ2n) is 4.43. The molecule has 1 saturated carbocycles. The maximum absolute atomic E-state index is 13.5. The number of nitrogens with one attached hydrogen (secondary N) is 1. The Hall–Kier alpha value is -1.89. The lowest BCUT2D eigenvalue weighted by Gasteiger charge is -2.33. The summed E-state index contributed by atoms with van der Waals surface area (Å²) in [6.07, 6.45) is 1.99. The fourth-order valence-corrected chi connectivity index (χ4v) is 1.94. The number of hydrogen-bond donors (Lipinski definition) is 1. The molecule has 0 heterocycles. The molecule has 1 fully saturated rings. The molecule has 1 aliphatic rings. The van der Waals surface area contributed by atoms with Crippen LogP contribution in [0.3, 0.4) is 0 Å². The minimum atomic E-state index is -0.950. The first kappa shape index (κ1) is 11.6. The van der Waals surface area contributed by atoms with Crippen molar-refractivity contribution < 1.29 is 9.18 Å². The van der Waals surface area contributed by atoms with Gasteiger partial charge in [-0.3, -0.25) is 4.79 Å². The van der Waals surface area contributed by atoms with Crippen molar-refractivity contribution in [3.63, 3.8) is 0 Å². The molecular formula is C13H13FN2O. The van der Waals surface area contributed by atoms with E-state index in [1.165, 1.54) is 6.07 Å². The molecule has 0 saturated heterocycles. The highest BCUT2D eigenvalue weighted by Crippen LogP contribution is 2.41. The van der Waals surface area contributed by atoms with Gasteiger partial charge in [0.1, 0.15) is 11.2 Å². The Morgan fingerprint density at radius 2 is 2.24 bits per heavy atom. The second-order valence-corrected chi connectivity index (χ2v) is 4.43. The van der Waals surface area contributed by atoms with Crippen molar-refractivity contribution in [2.24, 2.45) is 5.41 Å². The van der Waals surface area contributed by atoms with E-state index in [1.54, 1.807) is 19.1 Å². The number of nitrogens with zero attached hydrogens (tertiary/aromatic N) is 1. The van der Waals surface area contributed by atoms with Crippen LogP contribution in [-0.2, 0) is 4.79 Å². The molecule has 1 aliphatic carbocycles. The van der Waals surface area contributed by atoms with Gasteiger partial charge in [-0.2, -0.15) is 5.26 Å². The van der Waals surface area contributed by atoms with E-state index in [1.807, 2.05) is 6.07 Å². The first-order chi connectivity index (χ1) is 8.09. The van der Waals surface area contributed by atoms with Gasteiger partial charge in [-0.1, -0.05) is 12.1 Å². The number of hydrogen-bond acceptors (Lipinski definition) is 2. The lowest BCUT2D eigenvalue weighted by molar-refractivity contribution is -0.126. The third kappa shape index (κ3) is 1.89. The van der Waals surface area contributed by atoms with Crippen LogP contribution in [0.4, 0.5) is 10.1 Å². The zero-order valence-corrected chi connectivity index (χ0v) is 9.59. The van der Waals surface area contributed by atoms with Gasteiger partial charge in [0.05, 0.1) is 11.8 Å². The first-order valence-electron chi connectivity index (χ1n) is 5.57. The van der Waals surface area contributed by atoms with Crippen LogP contribution in [0.5, 0.6) is 0 Å². The highest BCUT2D eigenvalue weighted by atomic mass is 19.1. The van der Waals surface area contributed by atoms with Gasteiger partial charge >= 0.3 is 0 Å². The maximum atomic E-state index is 13.5. The predicted octanol–water partition coefficient (Wildman–Crippen LogP) is 2.77. The van der Waals surface area contributed by atoms with Crippen LogP contribution in [0, 0.1) is 29.5 Å². The average molecular weight is 232 g/mol. The van der Waals surface area contributed by atoms with Crippen LogP contribution < -0.4 is 5.32 Å². The Kier molecular flexibility index (Phi) is 2.84. The third-order valence-electron chi connectivity index (χ3n) is 3.32. The van der Waals surface area contributed by atoms with E-state index < -0.39 is 11.2 Å². The van der Waals surface area contributed by atoms with Crippen molar-refractivity contribution in [3.8, 4) is 6.07 Å². The fraction of sp³-hybridized carbons (Fsp3) is 0.385. The van der Waals surface area contributed by atoms with Gasteiger partial charge in [-0.25, -0.2) is 4.39 Å². The summed E-state index contributed by atoms with van der Waals surface area (Å²) in [4.78, 5) is 12.0. The highest BCUT2D eigenvalue weighted by Gasteiger charge is 2.44. The summed E-state index contributed by atoms with van der Waals surface area (Å²) >= 11 is 0. The van der Waals surface area contributed by atoms with Crippen LogP contribution in [-0.4, -0.2) is 5.91 Å². The number of aryl methyl sites for hydroxylation is 1. The van der Waals surface area contributed by atoms with Gasteiger partial charge < -0.3 is 5.32 Å². The van der Waals surface area contributed by atoms with Crippen molar-refractivity contribution >= 4 is 11.6 Å². The minimum absolute atomic E-state index is 0.180. The molecular weight excluding hydrogens is 219 g/mol. The van der Waals surface area contributed by atoms with Crippen molar-refractivity contribution in [1.29, 1.82) is 5.26 Å². The van der Waals surface area contributed by atoms with E-state index in [0.717, 1.165) is 6.42 Å². The van der Waals surface area contributed by atoms with Crippen LogP contribution in [0.15, 0.2) is 18.2 Å². The smallest absolute Gasteiger partial charge is 0.244 e. The number of para-hydroxylation sites is 1. The molecule has 0 aliphatic heterocycles. The van der Waals surface area contributed by atoms with Gasteiger partial charge in [0, 0.05) is 0 Å². The Morgan fingerprint density at radius 1 is 1.53 bits per heavy atom. The number of amides is 1. The lowest BCUT2D eigenvalue weighted by atomic mass is 9.69. The predicted molar refractivity (Wildman–Crippen MR) is 61.7 cm³/mol. The van der Waals surface area contributed by atoms with E-state index in [9.17, 15) is 9.18 Å². The number of carbonyl (C=O) groups is 1. The third-order valence-corrected chi connectivity index (χ3v) is 3.32. The Balaban J connectivity index is 2.22. The zero-order valence-electron chi connectivity index (χ0n) is 9.59. The number of anilines is 1. The summed E-state index contributed by atoms with van der Waals surface area (Å²) in [6, 6.07) is 6.64. The molecule has 0 aromatic heterocycles. The summed E-state index contributed by atoms with van der Waals surface area (Å²) in [7, 11) is 0. The molecule has 0 atom stereocenters. The van der Waals surface area contributed by atoms with Crippen molar-refractivity contribution in [1.82, 2.24) is 0 Å². The molecule has 3 nitrogen and oxygen atoms in total. The standard InChI is InChI=1S/C13H13FN2O/c1-9-4-2-5-10(14)11(9)16-12(17)13(8-15)6-3-7-13/h2,4-5H,3,6-7H2,1H3,(H,16,17). The number of rotatable bonds is 2. The van der Waals surface area contributed by atoms with Crippen molar-refractivity contribution in [2.45, 2.75) is 26.2 Å². The topological polar surface area (TPSA) is 52.9 Å². The molecule has 0 bridgehead atoms. The highest BCUT2D eigenvalue weighted by molar-refractivity contribution is 5.98. The monoisotopic (exact) mass is 232 g/mol. The van der Waals surface area contributed by atoms with E-state index >= 15 is 0 Å². The number of halogens is 1. The van der Waals surface area contributed by atoms with Crippen molar-refractivity contribution in [2.75, 3.05) is 5.32 Å². The Labute approximate surface area is 99.2 Å². The summed E-state index contributed by atoms with van der Waals surface area (Å²) in [5, 5.41) is 11.6. The summed E-state index contributed by atoms with van der Waals surface area (Å²) in [6.45, 7) is 1.72. The van der Waals surface area contributed by atoms with E-state index in [4.69, 9.17) is 5.26 Å². The summed E-state index contributed by atoms with van der Waals surface area (Å²) in [5.41, 5.74) is -0.112. The van der Waals surface area contributed by atoms with Gasteiger partial charge in [0.15, 0.2) is 0 Å². The van der Waals surface area contributed by atoms with Gasteiger partial charge in [0.2, 0.25) is 5.91 Å². The largest absolute Gasteiger partial charge is 0.322 e. The lowest BCUT2D eigenvalue weighted by Crippen LogP contribution is -2.41. The van der Waals surface area contributed by atoms with Crippen LogP contribution >= 0.6 is 0 Å². The summed E-state index contributed by atoms with van der Waals surface area (Å²) in [5.74, 6) is -0.856. The fourth-order valence-electron chi connectivity index (χ4n) is 1.94. The molecule has 0 radical (unpaired) electrons. The maximum Gasteiger partial charge on any atom is 0.244 e. The quantitative estimate of drug-likeness (QED) is 0.852. The van der Waals surface area contributed by atoms with E-state index in [0.29, 0.717) is 18.4 Å². The second kappa shape index (κ2) is 4.17. The number of carbonyl (C=O) groups excluding carboxylic acids is 1. The normalized spacial score (nSPS) is 16.8. The van der Waals surface area contributed by atoms with Crippen LogP contribution in [0.1, 0.15) is 24.8 Å². The minimum Gasteiger partial charge on any atom is -0.322 e. The molecule has 1 N–H and O–H groups in total. The molecule has 17 heavy (non-hydrogen) atoms.